The van der Waals surface area contributed by atoms with Crippen molar-refractivity contribution >= 4 is 23.2 Å². The van der Waals surface area contributed by atoms with E-state index in [1.54, 1.807) is 24.5 Å². The average molecular weight is 318 g/mol. The number of hydrogen-bond donors (Lipinski definition) is 1. The van der Waals surface area contributed by atoms with E-state index in [2.05, 4.69) is 15.5 Å². The zero-order valence-electron chi connectivity index (χ0n) is 11.1. The van der Waals surface area contributed by atoms with Crippen molar-refractivity contribution < 1.29 is 13.7 Å². The zero-order valence-corrected chi connectivity index (χ0v) is 11.8. The van der Waals surface area contributed by atoms with Gasteiger partial charge in [-0.05, 0) is 30.3 Å². The van der Waals surface area contributed by atoms with Crippen LogP contribution in [0, 0.1) is 5.82 Å². The molecule has 0 radical (unpaired) electrons. The summed E-state index contributed by atoms with van der Waals surface area (Å²) in [6, 6.07) is 8.70. The van der Waals surface area contributed by atoms with E-state index in [0.717, 1.165) is 6.07 Å². The second-order valence-corrected chi connectivity index (χ2v) is 4.80. The quantitative estimate of drug-likeness (QED) is 0.798. The van der Waals surface area contributed by atoms with E-state index in [1.807, 2.05) is 0 Å². The van der Waals surface area contributed by atoms with Crippen LogP contribution in [0.2, 0.25) is 5.02 Å². The number of aromatic nitrogens is 2. The van der Waals surface area contributed by atoms with Gasteiger partial charge < -0.3 is 9.84 Å². The Morgan fingerprint density at radius 1 is 1.27 bits per heavy atom. The second kappa shape index (κ2) is 5.95. The molecule has 0 aliphatic rings. The van der Waals surface area contributed by atoms with Crippen molar-refractivity contribution in [1.82, 2.24) is 10.1 Å². The summed E-state index contributed by atoms with van der Waals surface area (Å²) in [5.41, 5.74) is 1.08. The number of nitrogens with zero attached hydrogens (tertiary/aromatic N) is 2. The first-order valence-electron chi connectivity index (χ1n) is 6.27. The molecule has 0 aliphatic heterocycles. The third-order valence-corrected chi connectivity index (χ3v) is 3.18. The fourth-order valence-electron chi connectivity index (χ4n) is 1.80. The number of rotatable bonds is 3. The lowest BCUT2D eigenvalue weighted by molar-refractivity contribution is 0.101. The van der Waals surface area contributed by atoms with Gasteiger partial charge in [-0.3, -0.25) is 9.78 Å². The normalized spacial score (nSPS) is 10.5. The fourth-order valence-corrected chi connectivity index (χ4v) is 2.02. The first-order valence-corrected chi connectivity index (χ1v) is 6.65. The number of halogens is 2. The molecule has 7 heteroatoms. The standard InChI is InChI=1S/C15H9ClFN3O2/c16-11-6-10(17)3-4-12(11)19-15(21)13-7-14(22-20-13)9-2-1-5-18-8-9/h1-8H,(H,19,21). The highest BCUT2D eigenvalue weighted by atomic mass is 35.5. The molecule has 0 unspecified atom stereocenters. The van der Waals surface area contributed by atoms with Gasteiger partial charge >= 0.3 is 0 Å². The lowest BCUT2D eigenvalue weighted by Crippen LogP contribution is -2.12. The van der Waals surface area contributed by atoms with E-state index in [4.69, 9.17) is 16.1 Å². The van der Waals surface area contributed by atoms with Gasteiger partial charge in [-0.15, -0.1) is 0 Å². The molecule has 110 valence electrons. The molecule has 0 saturated carbocycles. The van der Waals surface area contributed by atoms with Gasteiger partial charge in [0.15, 0.2) is 11.5 Å². The van der Waals surface area contributed by atoms with Crippen LogP contribution in [0.25, 0.3) is 11.3 Å². The smallest absolute Gasteiger partial charge is 0.277 e. The van der Waals surface area contributed by atoms with E-state index in [0.29, 0.717) is 17.0 Å². The third-order valence-electron chi connectivity index (χ3n) is 2.87. The summed E-state index contributed by atoms with van der Waals surface area (Å²) in [4.78, 5) is 16.1. The highest BCUT2D eigenvalue weighted by Crippen LogP contribution is 2.24. The molecule has 2 heterocycles. The molecule has 5 nitrogen and oxygen atoms in total. The zero-order chi connectivity index (χ0) is 15.5. The molecular weight excluding hydrogens is 309 g/mol. The van der Waals surface area contributed by atoms with Crippen LogP contribution in [0.5, 0.6) is 0 Å². The van der Waals surface area contributed by atoms with Gasteiger partial charge in [0.2, 0.25) is 0 Å². The van der Waals surface area contributed by atoms with Crippen LogP contribution in [-0.2, 0) is 0 Å². The maximum absolute atomic E-state index is 13.0. The number of anilines is 1. The summed E-state index contributed by atoms with van der Waals surface area (Å²) < 4.78 is 18.1. The molecule has 3 aromatic rings. The lowest BCUT2D eigenvalue weighted by Gasteiger charge is -2.04. The maximum atomic E-state index is 13.0. The number of benzene rings is 1. The minimum atomic E-state index is -0.507. The maximum Gasteiger partial charge on any atom is 0.277 e. The summed E-state index contributed by atoms with van der Waals surface area (Å²) in [6.45, 7) is 0. The Labute approximate surface area is 129 Å². The van der Waals surface area contributed by atoms with Crippen LogP contribution < -0.4 is 5.32 Å². The minimum absolute atomic E-state index is 0.0826. The van der Waals surface area contributed by atoms with Gasteiger partial charge in [-0.1, -0.05) is 16.8 Å². The monoisotopic (exact) mass is 317 g/mol. The topological polar surface area (TPSA) is 68.0 Å². The summed E-state index contributed by atoms with van der Waals surface area (Å²) >= 11 is 5.86. The molecule has 0 atom stereocenters. The fraction of sp³-hybridized carbons (Fsp3) is 0. The van der Waals surface area contributed by atoms with Crippen molar-refractivity contribution in [3.8, 4) is 11.3 Å². The molecule has 0 aliphatic carbocycles. The predicted molar refractivity (Wildman–Crippen MR) is 79.1 cm³/mol. The number of hydrogen-bond acceptors (Lipinski definition) is 4. The Bertz CT molecular complexity index is 821. The summed E-state index contributed by atoms with van der Waals surface area (Å²) in [6.07, 6.45) is 3.23. The van der Waals surface area contributed by atoms with Crippen LogP contribution in [0.3, 0.4) is 0 Å². The lowest BCUT2D eigenvalue weighted by atomic mass is 10.2. The minimum Gasteiger partial charge on any atom is -0.355 e. The van der Waals surface area contributed by atoms with Gasteiger partial charge in [-0.2, -0.15) is 0 Å². The molecular formula is C15H9ClFN3O2. The Balaban J connectivity index is 1.80. The highest BCUT2D eigenvalue weighted by molar-refractivity contribution is 6.33. The first-order chi connectivity index (χ1) is 10.6. The number of pyridine rings is 1. The molecule has 3 rings (SSSR count). The van der Waals surface area contributed by atoms with Gasteiger partial charge in [0.1, 0.15) is 5.82 Å². The molecule has 1 amide bonds. The molecule has 22 heavy (non-hydrogen) atoms. The number of amides is 1. The summed E-state index contributed by atoms with van der Waals surface area (Å²) in [5, 5.41) is 6.35. The van der Waals surface area contributed by atoms with Crippen molar-refractivity contribution in [3.05, 3.63) is 65.3 Å². The van der Waals surface area contributed by atoms with Crippen molar-refractivity contribution in [2.24, 2.45) is 0 Å². The number of carbonyl (C=O) groups excluding carboxylic acids is 1. The van der Waals surface area contributed by atoms with E-state index in [-0.39, 0.29) is 10.7 Å². The van der Waals surface area contributed by atoms with Crippen LogP contribution >= 0.6 is 11.6 Å². The average Bonchev–Trinajstić information content (AvgIpc) is 3.01. The Morgan fingerprint density at radius 2 is 2.14 bits per heavy atom. The Morgan fingerprint density at radius 3 is 2.86 bits per heavy atom. The molecule has 2 aromatic heterocycles. The molecule has 1 aromatic carbocycles. The molecule has 0 saturated heterocycles. The van der Waals surface area contributed by atoms with Gasteiger partial charge in [-0.25, -0.2) is 4.39 Å². The van der Waals surface area contributed by atoms with Crippen LogP contribution in [0.15, 0.2) is 53.3 Å². The van der Waals surface area contributed by atoms with Crippen LogP contribution in [-0.4, -0.2) is 16.0 Å². The van der Waals surface area contributed by atoms with E-state index in [9.17, 15) is 9.18 Å². The van der Waals surface area contributed by atoms with Crippen LogP contribution in [0.1, 0.15) is 10.5 Å². The second-order valence-electron chi connectivity index (χ2n) is 4.40. The molecule has 0 fully saturated rings. The summed E-state index contributed by atoms with van der Waals surface area (Å²) in [7, 11) is 0. The van der Waals surface area contributed by atoms with Crippen molar-refractivity contribution in [1.29, 1.82) is 0 Å². The van der Waals surface area contributed by atoms with Crippen molar-refractivity contribution in [2.75, 3.05) is 5.32 Å². The van der Waals surface area contributed by atoms with Crippen molar-refractivity contribution in [2.45, 2.75) is 0 Å². The van der Waals surface area contributed by atoms with Gasteiger partial charge in [0.25, 0.3) is 5.91 Å². The largest absolute Gasteiger partial charge is 0.355 e. The molecule has 0 spiro atoms. The van der Waals surface area contributed by atoms with Crippen molar-refractivity contribution in [3.63, 3.8) is 0 Å². The SMILES string of the molecule is O=C(Nc1ccc(F)cc1Cl)c1cc(-c2cccnc2)on1. The first kappa shape index (κ1) is 14.2. The van der Waals surface area contributed by atoms with Gasteiger partial charge in [0, 0.05) is 24.0 Å². The van der Waals surface area contributed by atoms with E-state index in [1.165, 1.54) is 18.2 Å². The Hall–Kier alpha value is -2.73. The predicted octanol–water partition coefficient (Wildman–Crippen LogP) is 3.78. The highest BCUT2D eigenvalue weighted by Gasteiger charge is 2.15. The number of carbonyl (C=O) groups is 1. The molecule has 0 bridgehead atoms. The van der Waals surface area contributed by atoms with E-state index >= 15 is 0 Å². The Kier molecular flexibility index (Phi) is 3.84. The van der Waals surface area contributed by atoms with E-state index < -0.39 is 11.7 Å². The summed E-state index contributed by atoms with van der Waals surface area (Å²) in [5.74, 6) is -0.570. The third kappa shape index (κ3) is 2.96. The van der Waals surface area contributed by atoms with Gasteiger partial charge in [0.05, 0.1) is 10.7 Å². The van der Waals surface area contributed by atoms with Crippen LogP contribution in [0.4, 0.5) is 10.1 Å². The number of nitrogens with one attached hydrogen (secondary N) is 1. The molecule has 1 N–H and O–H groups in total.